The predicted octanol–water partition coefficient (Wildman–Crippen LogP) is 3.52. The molecule has 0 N–H and O–H groups in total. The Morgan fingerprint density at radius 3 is 2.16 bits per heavy atom. The number of barbiturate groups is 1. The number of hydrogen-bond donors (Lipinski definition) is 0. The van der Waals surface area contributed by atoms with E-state index in [2.05, 4.69) is 0 Å². The lowest BCUT2D eigenvalue weighted by Crippen LogP contribution is -2.52. The second-order valence-corrected chi connectivity index (χ2v) is 6.80. The molecule has 6 nitrogen and oxygen atoms in total. The molecule has 1 aliphatic heterocycles. The van der Waals surface area contributed by atoms with Crippen molar-refractivity contribution in [2.45, 2.75) is 9.99 Å². The van der Waals surface area contributed by atoms with Crippen LogP contribution in [0.2, 0.25) is 5.02 Å². The molecular weight excluding hydrogens is 364 g/mol. The number of rotatable bonds is 3. The van der Waals surface area contributed by atoms with Gasteiger partial charge in [-0.15, -0.1) is 0 Å². The van der Waals surface area contributed by atoms with Crippen molar-refractivity contribution in [3.8, 4) is 0 Å². The second kappa shape index (κ2) is 6.78. The standard InChI is InChI=1S/C17H13ClN2O4S/c1-19-15(21)13(16(22)20(2)17(19)23)9-11-5-8-14(24-11)25-12-6-3-10(18)4-7-12/h3-9H,1-2H3. The predicted molar refractivity (Wildman–Crippen MR) is 93.2 cm³/mol. The first-order valence-electron chi connectivity index (χ1n) is 7.22. The normalized spacial score (nSPS) is 15.2. The molecule has 1 aliphatic rings. The zero-order valence-corrected chi connectivity index (χ0v) is 14.9. The number of halogens is 1. The SMILES string of the molecule is CN1C(=O)C(=Cc2ccc(Sc3ccc(Cl)cc3)o2)C(=O)N(C)C1=O. The van der Waals surface area contributed by atoms with E-state index in [4.69, 9.17) is 16.0 Å². The molecule has 1 aromatic heterocycles. The Hall–Kier alpha value is -2.51. The van der Waals surface area contributed by atoms with Crippen LogP contribution in [-0.2, 0) is 9.59 Å². The number of benzene rings is 1. The number of hydrogen-bond acceptors (Lipinski definition) is 5. The van der Waals surface area contributed by atoms with Crippen molar-refractivity contribution >= 4 is 47.3 Å². The number of furan rings is 1. The summed E-state index contributed by atoms with van der Waals surface area (Å²) in [6.45, 7) is 0. The number of likely N-dealkylation sites (N-methyl/N-ethyl adjacent to an activating group) is 2. The zero-order valence-electron chi connectivity index (χ0n) is 13.4. The summed E-state index contributed by atoms with van der Waals surface area (Å²) in [4.78, 5) is 38.7. The fourth-order valence-electron chi connectivity index (χ4n) is 2.20. The highest BCUT2D eigenvalue weighted by atomic mass is 35.5. The van der Waals surface area contributed by atoms with Crippen LogP contribution in [0.3, 0.4) is 0 Å². The van der Waals surface area contributed by atoms with E-state index in [1.807, 2.05) is 12.1 Å². The van der Waals surface area contributed by atoms with Gasteiger partial charge in [0.15, 0.2) is 5.09 Å². The number of nitrogens with zero attached hydrogens (tertiary/aromatic N) is 2. The van der Waals surface area contributed by atoms with E-state index in [-0.39, 0.29) is 5.57 Å². The maximum atomic E-state index is 12.2. The van der Waals surface area contributed by atoms with Gasteiger partial charge < -0.3 is 4.42 Å². The quantitative estimate of drug-likeness (QED) is 0.605. The molecule has 3 rings (SSSR count). The number of urea groups is 1. The summed E-state index contributed by atoms with van der Waals surface area (Å²) < 4.78 is 5.64. The molecule has 0 radical (unpaired) electrons. The molecule has 0 bridgehead atoms. The lowest BCUT2D eigenvalue weighted by molar-refractivity contribution is -0.134. The number of amides is 4. The van der Waals surface area contributed by atoms with Gasteiger partial charge in [0.05, 0.1) is 0 Å². The van der Waals surface area contributed by atoms with Crippen LogP contribution in [0, 0.1) is 0 Å². The minimum atomic E-state index is -0.662. The lowest BCUT2D eigenvalue weighted by atomic mass is 10.1. The molecule has 0 saturated carbocycles. The molecule has 128 valence electrons. The third kappa shape index (κ3) is 3.47. The second-order valence-electron chi connectivity index (χ2n) is 5.28. The minimum absolute atomic E-state index is 0.123. The molecule has 4 amide bonds. The van der Waals surface area contributed by atoms with Gasteiger partial charge >= 0.3 is 6.03 Å². The van der Waals surface area contributed by atoms with Crippen molar-refractivity contribution in [2.75, 3.05) is 14.1 Å². The van der Waals surface area contributed by atoms with Crippen LogP contribution in [0.1, 0.15) is 5.76 Å². The highest BCUT2D eigenvalue weighted by Gasteiger charge is 2.38. The summed E-state index contributed by atoms with van der Waals surface area (Å²) in [6, 6.07) is 10.00. The van der Waals surface area contributed by atoms with Gasteiger partial charge in [0.25, 0.3) is 11.8 Å². The van der Waals surface area contributed by atoms with Crippen LogP contribution in [-0.4, -0.2) is 41.7 Å². The first-order valence-corrected chi connectivity index (χ1v) is 8.41. The van der Waals surface area contributed by atoms with E-state index in [9.17, 15) is 14.4 Å². The van der Waals surface area contributed by atoms with Crippen molar-refractivity contribution in [1.29, 1.82) is 0 Å². The Balaban J connectivity index is 1.83. The molecule has 1 aromatic carbocycles. The summed E-state index contributed by atoms with van der Waals surface area (Å²) in [7, 11) is 2.65. The largest absolute Gasteiger partial charge is 0.450 e. The van der Waals surface area contributed by atoms with Crippen LogP contribution in [0.5, 0.6) is 0 Å². The third-order valence-electron chi connectivity index (χ3n) is 3.56. The van der Waals surface area contributed by atoms with Crippen LogP contribution >= 0.6 is 23.4 Å². The summed E-state index contributed by atoms with van der Waals surface area (Å²) in [6.07, 6.45) is 1.34. The van der Waals surface area contributed by atoms with Gasteiger partial charge in [0.2, 0.25) is 0 Å². The van der Waals surface area contributed by atoms with E-state index >= 15 is 0 Å². The smallest absolute Gasteiger partial charge is 0.333 e. The third-order valence-corrected chi connectivity index (χ3v) is 4.75. The molecule has 1 saturated heterocycles. The summed E-state index contributed by atoms with van der Waals surface area (Å²) in [5.74, 6) is -0.961. The summed E-state index contributed by atoms with van der Waals surface area (Å²) in [5.41, 5.74) is -0.123. The van der Waals surface area contributed by atoms with Crippen LogP contribution in [0.25, 0.3) is 6.08 Å². The Morgan fingerprint density at radius 1 is 0.960 bits per heavy atom. The van der Waals surface area contributed by atoms with E-state index in [1.165, 1.54) is 31.9 Å². The lowest BCUT2D eigenvalue weighted by Gasteiger charge is -2.28. The highest BCUT2D eigenvalue weighted by molar-refractivity contribution is 7.99. The molecule has 2 aromatic rings. The van der Waals surface area contributed by atoms with Crippen molar-refractivity contribution in [3.63, 3.8) is 0 Å². The van der Waals surface area contributed by atoms with E-state index in [0.717, 1.165) is 14.7 Å². The van der Waals surface area contributed by atoms with Crippen molar-refractivity contribution in [2.24, 2.45) is 0 Å². The fourth-order valence-corrected chi connectivity index (χ4v) is 3.11. The summed E-state index contributed by atoms with van der Waals surface area (Å²) in [5, 5.41) is 1.24. The van der Waals surface area contributed by atoms with Crippen molar-refractivity contribution < 1.29 is 18.8 Å². The van der Waals surface area contributed by atoms with Gasteiger partial charge in [-0.25, -0.2) is 4.79 Å². The Labute approximate surface area is 153 Å². The molecule has 2 heterocycles. The van der Waals surface area contributed by atoms with Gasteiger partial charge in [-0.3, -0.25) is 19.4 Å². The highest BCUT2D eigenvalue weighted by Crippen LogP contribution is 2.31. The first-order chi connectivity index (χ1) is 11.9. The zero-order chi connectivity index (χ0) is 18.1. The van der Waals surface area contributed by atoms with E-state index < -0.39 is 17.8 Å². The molecule has 0 atom stereocenters. The van der Waals surface area contributed by atoms with Crippen LogP contribution < -0.4 is 0 Å². The van der Waals surface area contributed by atoms with Crippen LogP contribution in [0.15, 0.2) is 56.4 Å². The molecule has 0 aliphatic carbocycles. The maximum absolute atomic E-state index is 12.2. The fraction of sp³-hybridized carbons (Fsp3) is 0.118. The Kier molecular flexibility index (Phi) is 4.69. The van der Waals surface area contributed by atoms with Gasteiger partial charge in [0.1, 0.15) is 11.3 Å². The monoisotopic (exact) mass is 376 g/mol. The summed E-state index contributed by atoms with van der Waals surface area (Å²) >= 11 is 7.24. The van der Waals surface area contributed by atoms with Gasteiger partial charge in [-0.05, 0) is 42.5 Å². The topological polar surface area (TPSA) is 70.8 Å². The molecule has 8 heteroatoms. The van der Waals surface area contributed by atoms with Crippen LogP contribution in [0.4, 0.5) is 4.79 Å². The van der Waals surface area contributed by atoms with E-state index in [1.54, 1.807) is 24.3 Å². The molecule has 25 heavy (non-hydrogen) atoms. The Bertz CT molecular complexity index is 862. The van der Waals surface area contributed by atoms with E-state index in [0.29, 0.717) is 15.9 Å². The average molecular weight is 377 g/mol. The van der Waals surface area contributed by atoms with Gasteiger partial charge in [0, 0.05) is 24.0 Å². The Morgan fingerprint density at radius 2 is 1.56 bits per heavy atom. The molecule has 0 unspecified atom stereocenters. The number of imide groups is 2. The minimum Gasteiger partial charge on any atom is -0.450 e. The van der Waals surface area contributed by atoms with Gasteiger partial charge in [-0.2, -0.15) is 0 Å². The van der Waals surface area contributed by atoms with Crippen molar-refractivity contribution in [1.82, 2.24) is 9.80 Å². The molecular formula is C17H13ClN2O4S. The molecule has 0 spiro atoms. The van der Waals surface area contributed by atoms with Crippen molar-refractivity contribution in [3.05, 3.63) is 52.8 Å². The number of carbonyl (C=O) groups is 3. The molecule has 1 fully saturated rings. The first kappa shape index (κ1) is 17.3. The maximum Gasteiger partial charge on any atom is 0.333 e. The number of carbonyl (C=O) groups excluding carboxylic acids is 3. The average Bonchev–Trinajstić information content (AvgIpc) is 3.04. The van der Waals surface area contributed by atoms with Gasteiger partial charge in [-0.1, -0.05) is 23.4 Å².